The number of ether oxygens (including phenoxy) is 2. The molecule has 0 saturated carbocycles. The maximum Gasteiger partial charge on any atom is 0.337 e. The van der Waals surface area contributed by atoms with Crippen molar-refractivity contribution in [1.29, 1.82) is 0 Å². The summed E-state index contributed by atoms with van der Waals surface area (Å²) in [5.41, 5.74) is 0.651. The van der Waals surface area contributed by atoms with Crippen molar-refractivity contribution in [3.05, 3.63) is 59.7 Å². The summed E-state index contributed by atoms with van der Waals surface area (Å²) in [6.07, 6.45) is 0. The molecule has 0 unspecified atom stereocenters. The number of amides is 1. The van der Waals surface area contributed by atoms with Gasteiger partial charge in [-0.3, -0.25) is 4.79 Å². The van der Waals surface area contributed by atoms with Gasteiger partial charge < -0.3 is 14.4 Å². The van der Waals surface area contributed by atoms with E-state index in [0.717, 1.165) is 0 Å². The molecule has 1 heterocycles. The summed E-state index contributed by atoms with van der Waals surface area (Å²) in [5.74, 6) is -0.194. The van der Waals surface area contributed by atoms with Crippen molar-refractivity contribution >= 4 is 21.9 Å². The minimum Gasteiger partial charge on any atom is -0.497 e. The molecule has 0 bridgehead atoms. The summed E-state index contributed by atoms with van der Waals surface area (Å²) in [5, 5.41) is 0. The van der Waals surface area contributed by atoms with Crippen LogP contribution in [-0.2, 0) is 14.8 Å². The Morgan fingerprint density at radius 1 is 0.897 bits per heavy atom. The number of nitrogens with zero attached hydrogens (tertiary/aromatic N) is 2. The van der Waals surface area contributed by atoms with E-state index < -0.39 is 16.0 Å². The lowest BCUT2D eigenvalue weighted by molar-refractivity contribution is 0.0600. The van der Waals surface area contributed by atoms with Gasteiger partial charge in [-0.15, -0.1) is 0 Å². The fraction of sp³-hybridized carbons (Fsp3) is 0.300. The summed E-state index contributed by atoms with van der Waals surface area (Å²) >= 11 is 0. The normalized spacial score (nSPS) is 15.0. The van der Waals surface area contributed by atoms with Crippen LogP contribution in [0.3, 0.4) is 0 Å². The molecule has 2 aromatic rings. The molecule has 1 aliphatic rings. The maximum atomic E-state index is 12.8. The number of hydrogen-bond acceptors (Lipinski definition) is 6. The number of hydrogen-bond donors (Lipinski definition) is 0. The van der Waals surface area contributed by atoms with Crippen molar-refractivity contribution in [3.8, 4) is 5.75 Å². The SMILES string of the molecule is COC(=O)c1cccc(C(=O)N2CCN(S(=O)(=O)c3ccc(OC)cc3)CC2)c1. The standard InChI is InChI=1S/C20H22N2O6S/c1-27-17-6-8-18(9-7-17)29(25,26)22-12-10-21(11-13-22)19(23)15-4-3-5-16(14-15)20(24)28-2/h3-9,14H,10-13H2,1-2H3. The van der Waals surface area contributed by atoms with Crippen LogP contribution in [0.5, 0.6) is 5.75 Å². The number of methoxy groups -OCH3 is 2. The van der Waals surface area contributed by atoms with E-state index in [4.69, 9.17) is 4.74 Å². The Morgan fingerprint density at radius 2 is 1.52 bits per heavy atom. The first-order valence-corrected chi connectivity index (χ1v) is 10.4. The minimum atomic E-state index is -3.64. The van der Waals surface area contributed by atoms with Gasteiger partial charge in [-0.25, -0.2) is 13.2 Å². The third-order valence-electron chi connectivity index (χ3n) is 4.75. The van der Waals surface area contributed by atoms with E-state index in [2.05, 4.69) is 4.74 Å². The summed E-state index contributed by atoms with van der Waals surface area (Å²) in [7, 11) is -0.852. The fourth-order valence-electron chi connectivity index (χ4n) is 3.11. The molecule has 0 aromatic heterocycles. The van der Waals surface area contributed by atoms with Crippen molar-refractivity contribution in [1.82, 2.24) is 9.21 Å². The topological polar surface area (TPSA) is 93.2 Å². The van der Waals surface area contributed by atoms with Gasteiger partial charge in [-0.1, -0.05) is 6.07 Å². The highest BCUT2D eigenvalue weighted by Crippen LogP contribution is 2.21. The van der Waals surface area contributed by atoms with Crippen molar-refractivity contribution in [2.24, 2.45) is 0 Å². The molecule has 8 nitrogen and oxygen atoms in total. The molecule has 1 amide bonds. The highest BCUT2D eigenvalue weighted by Gasteiger charge is 2.30. The van der Waals surface area contributed by atoms with E-state index in [-0.39, 0.29) is 37.0 Å². The zero-order valence-corrected chi connectivity index (χ0v) is 17.0. The Kier molecular flexibility index (Phi) is 6.19. The Hall–Kier alpha value is -2.91. The third-order valence-corrected chi connectivity index (χ3v) is 6.67. The second-order valence-electron chi connectivity index (χ2n) is 6.44. The molecule has 2 aromatic carbocycles. The smallest absolute Gasteiger partial charge is 0.337 e. The van der Waals surface area contributed by atoms with Crippen LogP contribution in [0, 0.1) is 0 Å². The predicted molar refractivity (Wildman–Crippen MR) is 105 cm³/mol. The largest absolute Gasteiger partial charge is 0.497 e. The number of rotatable bonds is 5. The Bertz CT molecular complexity index is 996. The first-order valence-electron chi connectivity index (χ1n) is 8.98. The van der Waals surface area contributed by atoms with Gasteiger partial charge in [0, 0.05) is 31.7 Å². The van der Waals surface area contributed by atoms with Crippen molar-refractivity contribution in [2.45, 2.75) is 4.90 Å². The zero-order chi connectivity index (χ0) is 21.0. The lowest BCUT2D eigenvalue weighted by Crippen LogP contribution is -2.50. The van der Waals surface area contributed by atoms with E-state index in [9.17, 15) is 18.0 Å². The van der Waals surface area contributed by atoms with Gasteiger partial charge in [0.2, 0.25) is 10.0 Å². The van der Waals surface area contributed by atoms with Gasteiger partial charge in [0.1, 0.15) is 5.75 Å². The molecule has 154 valence electrons. The number of piperazine rings is 1. The van der Waals surface area contributed by atoms with Crippen molar-refractivity contribution < 1.29 is 27.5 Å². The van der Waals surface area contributed by atoms with Crippen LogP contribution in [0.15, 0.2) is 53.4 Å². The Morgan fingerprint density at radius 3 is 2.10 bits per heavy atom. The van der Waals surface area contributed by atoms with E-state index in [1.54, 1.807) is 35.2 Å². The average Bonchev–Trinajstić information content (AvgIpc) is 2.78. The number of carbonyl (C=O) groups excluding carboxylic acids is 2. The van der Waals surface area contributed by atoms with Crippen LogP contribution in [0.1, 0.15) is 20.7 Å². The summed E-state index contributed by atoms with van der Waals surface area (Å²) in [4.78, 5) is 26.2. The molecule has 1 fully saturated rings. The average molecular weight is 418 g/mol. The van der Waals surface area contributed by atoms with Gasteiger partial charge in [0.05, 0.1) is 24.7 Å². The number of esters is 1. The van der Waals surface area contributed by atoms with E-state index in [1.807, 2.05) is 0 Å². The zero-order valence-electron chi connectivity index (χ0n) is 16.2. The number of carbonyl (C=O) groups is 2. The van der Waals surface area contributed by atoms with Gasteiger partial charge in [0.15, 0.2) is 0 Å². The molecule has 0 N–H and O–H groups in total. The molecule has 0 atom stereocenters. The molecule has 9 heteroatoms. The highest BCUT2D eigenvalue weighted by molar-refractivity contribution is 7.89. The van der Waals surface area contributed by atoms with Crippen LogP contribution >= 0.6 is 0 Å². The van der Waals surface area contributed by atoms with Gasteiger partial charge in [0.25, 0.3) is 5.91 Å². The maximum absolute atomic E-state index is 12.8. The van der Waals surface area contributed by atoms with E-state index in [0.29, 0.717) is 16.9 Å². The molecule has 0 radical (unpaired) electrons. The Balaban J connectivity index is 1.68. The van der Waals surface area contributed by atoms with Crippen LogP contribution in [-0.4, -0.2) is 69.9 Å². The lowest BCUT2D eigenvalue weighted by Gasteiger charge is -2.34. The van der Waals surface area contributed by atoms with Crippen LogP contribution in [0.4, 0.5) is 0 Å². The van der Waals surface area contributed by atoms with Gasteiger partial charge >= 0.3 is 5.97 Å². The third kappa shape index (κ3) is 4.41. The lowest BCUT2D eigenvalue weighted by atomic mass is 10.1. The van der Waals surface area contributed by atoms with Crippen molar-refractivity contribution in [3.63, 3.8) is 0 Å². The molecular formula is C20H22N2O6S. The van der Waals surface area contributed by atoms with Crippen molar-refractivity contribution in [2.75, 3.05) is 40.4 Å². The summed E-state index contributed by atoms with van der Waals surface area (Å²) < 4.78 is 36.7. The monoisotopic (exact) mass is 418 g/mol. The minimum absolute atomic E-state index is 0.184. The molecule has 3 rings (SSSR count). The molecule has 29 heavy (non-hydrogen) atoms. The summed E-state index contributed by atoms with van der Waals surface area (Å²) in [6, 6.07) is 12.5. The molecule has 1 aliphatic heterocycles. The highest BCUT2D eigenvalue weighted by atomic mass is 32.2. The van der Waals surface area contributed by atoms with Crippen LogP contribution in [0.25, 0.3) is 0 Å². The van der Waals surface area contributed by atoms with Crippen LogP contribution < -0.4 is 4.74 Å². The fourth-order valence-corrected chi connectivity index (χ4v) is 4.53. The second-order valence-corrected chi connectivity index (χ2v) is 8.38. The van der Waals surface area contributed by atoms with E-state index >= 15 is 0 Å². The Labute approximate surface area is 169 Å². The van der Waals surface area contributed by atoms with Crippen LogP contribution in [0.2, 0.25) is 0 Å². The number of benzene rings is 2. The van der Waals surface area contributed by atoms with E-state index in [1.165, 1.54) is 36.7 Å². The molecule has 1 saturated heterocycles. The van der Waals surface area contributed by atoms with Gasteiger partial charge in [-0.2, -0.15) is 4.31 Å². The molecular weight excluding hydrogens is 396 g/mol. The molecule has 0 aliphatic carbocycles. The predicted octanol–water partition coefficient (Wildman–Crippen LogP) is 1.63. The summed E-state index contributed by atoms with van der Waals surface area (Å²) in [6.45, 7) is 0.904. The number of sulfonamides is 1. The quantitative estimate of drug-likeness (QED) is 0.685. The molecule has 0 spiro atoms. The first-order chi connectivity index (χ1) is 13.9. The second kappa shape index (κ2) is 8.62. The first kappa shape index (κ1) is 20.8. The van der Waals surface area contributed by atoms with Gasteiger partial charge in [-0.05, 0) is 42.5 Å².